The summed E-state index contributed by atoms with van der Waals surface area (Å²) in [5.41, 5.74) is 2.80. The molecule has 1 aliphatic heterocycles. The van der Waals surface area contributed by atoms with E-state index in [-0.39, 0.29) is 0 Å². The molecule has 0 spiro atoms. The molecule has 106 valence electrons. The lowest BCUT2D eigenvalue weighted by Gasteiger charge is -2.35. The van der Waals surface area contributed by atoms with E-state index >= 15 is 0 Å². The van der Waals surface area contributed by atoms with Gasteiger partial charge in [-0.05, 0) is 49.6 Å². The minimum Gasteiger partial charge on any atom is -0.369 e. The summed E-state index contributed by atoms with van der Waals surface area (Å²) in [6.45, 7) is 9.08. The predicted molar refractivity (Wildman–Crippen MR) is 84.3 cm³/mol. The van der Waals surface area contributed by atoms with Crippen LogP contribution in [0.5, 0.6) is 0 Å². The predicted octanol–water partition coefficient (Wildman–Crippen LogP) is 3.68. The van der Waals surface area contributed by atoms with Crippen LogP contribution >= 0.6 is 11.6 Å². The summed E-state index contributed by atoms with van der Waals surface area (Å²) in [6, 6.07) is 6.37. The van der Waals surface area contributed by atoms with Crippen LogP contribution in [0.25, 0.3) is 0 Å². The summed E-state index contributed by atoms with van der Waals surface area (Å²) in [7, 11) is 2.19. The minimum absolute atomic E-state index is 0.735. The van der Waals surface area contributed by atoms with Crippen molar-refractivity contribution in [1.82, 2.24) is 4.90 Å². The van der Waals surface area contributed by atoms with Crippen molar-refractivity contribution in [3.8, 4) is 0 Å². The number of hydrogen-bond donors (Lipinski definition) is 0. The zero-order valence-electron chi connectivity index (χ0n) is 12.3. The quantitative estimate of drug-likeness (QED) is 0.830. The summed E-state index contributed by atoms with van der Waals surface area (Å²) >= 11 is 6.17. The molecular formula is C16H25ClN2. The standard InChI is InChI=1S/C16H25ClN2/c1-13(2)4-5-14-12-15(17)6-7-16(14)19-10-8-18(3)9-11-19/h6-7,12-13H,4-5,8-11H2,1-3H3. The van der Waals surface area contributed by atoms with Crippen molar-refractivity contribution in [2.24, 2.45) is 5.92 Å². The Morgan fingerprint density at radius 2 is 1.84 bits per heavy atom. The number of piperazine rings is 1. The van der Waals surface area contributed by atoms with E-state index in [1.54, 1.807) is 0 Å². The molecule has 3 heteroatoms. The Hall–Kier alpha value is -0.730. The number of aryl methyl sites for hydroxylation is 1. The third kappa shape index (κ3) is 4.12. The first kappa shape index (κ1) is 14.7. The average Bonchev–Trinajstić information content (AvgIpc) is 2.38. The Kier molecular flexibility index (Phi) is 5.12. The second-order valence-electron chi connectivity index (χ2n) is 6.00. The molecule has 1 fully saturated rings. The summed E-state index contributed by atoms with van der Waals surface area (Å²) in [5.74, 6) is 0.735. The van der Waals surface area contributed by atoms with Crippen molar-refractivity contribution in [3.05, 3.63) is 28.8 Å². The lowest BCUT2D eigenvalue weighted by Crippen LogP contribution is -2.44. The van der Waals surface area contributed by atoms with Crippen LogP contribution in [0.2, 0.25) is 5.02 Å². The highest BCUT2D eigenvalue weighted by atomic mass is 35.5. The average molecular weight is 281 g/mol. The molecule has 0 saturated carbocycles. The number of halogens is 1. The molecule has 0 bridgehead atoms. The Labute approximate surface area is 122 Å². The third-order valence-electron chi connectivity index (χ3n) is 3.88. The summed E-state index contributed by atoms with van der Waals surface area (Å²) in [5, 5.41) is 0.858. The summed E-state index contributed by atoms with van der Waals surface area (Å²) in [4.78, 5) is 4.90. The van der Waals surface area contributed by atoms with E-state index in [2.05, 4.69) is 42.8 Å². The molecule has 0 aromatic heterocycles. The molecule has 0 atom stereocenters. The van der Waals surface area contributed by atoms with Crippen LogP contribution in [0.1, 0.15) is 25.8 Å². The Balaban J connectivity index is 2.14. The van der Waals surface area contributed by atoms with Crippen LogP contribution in [-0.4, -0.2) is 38.1 Å². The van der Waals surface area contributed by atoms with Gasteiger partial charge in [0.25, 0.3) is 0 Å². The highest BCUT2D eigenvalue weighted by Crippen LogP contribution is 2.27. The third-order valence-corrected chi connectivity index (χ3v) is 4.11. The Bertz CT molecular complexity index is 409. The maximum Gasteiger partial charge on any atom is 0.0410 e. The van der Waals surface area contributed by atoms with E-state index in [1.165, 1.54) is 17.7 Å². The lowest BCUT2D eigenvalue weighted by atomic mass is 10.0. The smallest absolute Gasteiger partial charge is 0.0410 e. The van der Waals surface area contributed by atoms with E-state index in [0.717, 1.165) is 43.5 Å². The van der Waals surface area contributed by atoms with E-state index < -0.39 is 0 Å². The molecule has 0 amide bonds. The SMILES string of the molecule is CC(C)CCc1cc(Cl)ccc1N1CCN(C)CC1. The normalized spacial score (nSPS) is 17.2. The summed E-state index contributed by atoms with van der Waals surface area (Å²) in [6.07, 6.45) is 2.35. The first-order valence-corrected chi connectivity index (χ1v) is 7.66. The Morgan fingerprint density at radius 3 is 2.47 bits per heavy atom. The summed E-state index contributed by atoms with van der Waals surface area (Å²) < 4.78 is 0. The van der Waals surface area contributed by atoms with E-state index in [9.17, 15) is 0 Å². The Morgan fingerprint density at radius 1 is 1.16 bits per heavy atom. The fraction of sp³-hybridized carbons (Fsp3) is 0.625. The molecule has 2 rings (SSSR count). The maximum atomic E-state index is 6.17. The fourth-order valence-corrected chi connectivity index (χ4v) is 2.75. The molecule has 2 nitrogen and oxygen atoms in total. The van der Waals surface area contributed by atoms with Gasteiger partial charge in [-0.3, -0.25) is 0 Å². The highest BCUT2D eigenvalue weighted by molar-refractivity contribution is 6.30. The van der Waals surface area contributed by atoms with E-state index in [4.69, 9.17) is 11.6 Å². The van der Waals surface area contributed by atoms with Crippen LogP contribution in [0, 0.1) is 5.92 Å². The van der Waals surface area contributed by atoms with Crippen LogP contribution in [-0.2, 0) is 6.42 Å². The molecule has 1 aromatic rings. The molecule has 0 unspecified atom stereocenters. The molecule has 1 aliphatic rings. The molecule has 0 aliphatic carbocycles. The van der Waals surface area contributed by atoms with Gasteiger partial charge in [-0.1, -0.05) is 25.4 Å². The van der Waals surface area contributed by atoms with E-state index in [0.29, 0.717) is 0 Å². The van der Waals surface area contributed by atoms with Gasteiger partial charge < -0.3 is 9.80 Å². The number of likely N-dealkylation sites (N-methyl/N-ethyl adjacent to an activating group) is 1. The van der Waals surface area contributed by atoms with Gasteiger partial charge >= 0.3 is 0 Å². The van der Waals surface area contributed by atoms with Crippen LogP contribution in [0.15, 0.2) is 18.2 Å². The number of rotatable bonds is 4. The zero-order chi connectivity index (χ0) is 13.8. The molecule has 1 saturated heterocycles. The van der Waals surface area contributed by atoms with Gasteiger partial charge in [-0.25, -0.2) is 0 Å². The molecule has 0 radical (unpaired) electrons. The van der Waals surface area contributed by atoms with Gasteiger partial charge in [0.05, 0.1) is 0 Å². The number of hydrogen-bond acceptors (Lipinski definition) is 2. The van der Waals surface area contributed by atoms with Crippen LogP contribution in [0.3, 0.4) is 0 Å². The van der Waals surface area contributed by atoms with Gasteiger partial charge in [0.15, 0.2) is 0 Å². The van der Waals surface area contributed by atoms with Gasteiger partial charge in [0.1, 0.15) is 0 Å². The van der Waals surface area contributed by atoms with Gasteiger partial charge in [-0.2, -0.15) is 0 Å². The van der Waals surface area contributed by atoms with Crippen molar-refractivity contribution in [3.63, 3.8) is 0 Å². The second-order valence-corrected chi connectivity index (χ2v) is 6.43. The van der Waals surface area contributed by atoms with Gasteiger partial charge in [0, 0.05) is 36.9 Å². The topological polar surface area (TPSA) is 6.48 Å². The first-order chi connectivity index (χ1) is 9.06. The van der Waals surface area contributed by atoms with Crippen molar-refractivity contribution in [2.45, 2.75) is 26.7 Å². The molecule has 1 heterocycles. The van der Waals surface area contributed by atoms with Gasteiger partial charge in [-0.15, -0.1) is 0 Å². The molecule has 1 aromatic carbocycles. The minimum atomic E-state index is 0.735. The lowest BCUT2D eigenvalue weighted by molar-refractivity contribution is 0.312. The van der Waals surface area contributed by atoms with Crippen LogP contribution < -0.4 is 4.90 Å². The van der Waals surface area contributed by atoms with Crippen molar-refractivity contribution in [2.75, 3.05) is 38.1 Å². The van der Waals surface area contributed by atoms with E-state index in [1.807, 2.05) is 6.07 Å². The largest absolute Gasteiger partial charge is 0.369 e. The van der Waals surface area contributed by atoms with Crippen molar-refractivity contribution in [1.29, 1.82) is 0 Å². The van der Waals surface area contributed by atoms with Gasteiger partial charge in [0.2, 0.25) is 0 Å². The number of anilines is 1. The van der Waals surface area contributed by atoms with Crippen molar-refractivity contribution < 1.29 is 0 Å². The monoisotopic (exact) mass is 280 g/mol. The molecule has 0 N–H and O–H groups in total. The first-order valence-electron chi connectivity index (χ1n) is 7.28. The number of nitrogens with zero attached hydrogens (tertiary/aromatic N) is 2. The highest BCUT2D eigenvalue weighted by Gasteiger charge is 2.17. The number of benzene rings is 1. The fourth-order valence-electron chi connectivity index (χ4n) is 2.55. The maximum absolute atomic E-state index is 6.17. The second kappa shape index (κ2) is 6.62. The van der Waals surface area contributed by atoms with Crippen LogP contribution in [0.4, 0.5) is 5.69 Å². The van der Waals surface area contributed by atoms with Crippen molar-refractivity contribution >= 4 is 17.3 Å². The molecule has 19 heavy (non-hydrogen) atoms. The molecular weight excluding hydrogens is 256 g/mol. The zero-order valence-corrected chi connectivity index (χ0v) is 13.1.